The van der Waals surface area contributed by atoms with E-state index in [9.17, 15) is 4.79 Å². The predicted molar refractivity (Wildman–Crippen MR) is 146 cm³/mol. The van der Waals surface area contributed by atoms with E-state index in [0.29, 0.717) is 24.7 Å². The lowest BCUT2D eigenvalue weighted by Crippen LogP contribution is -2.43. The molecule has 6 nitrogen and oxygen atoms in total. The second-order valence-corrected chi connectivity index (χ2v) is 9.64. The molecule has 1 aliphatic heterocycles. The van der Waals surface area contributed by atoms with Crippen LogP contribution in [0, 0.1) is 5.92 Å². The zero-order valence-electron chi connectivity index (χ0n) is 20.5. The SMILES string of the molecule is O=C(NCc1ccc(OCc2ccccc2)cc1)C1CCCN(c2ccc(-c3ccc(Cl)cc3)nn2)C1. The highest BCUT2D eigenvalue weighted by Crippen LogP contribution is 2.24. The molecule has 7 heteroatoms. The van der Waals surface area contributed by atoms with Crippen LogP contribution in [0.15, 0.2) is 91.0 Å². The van der Waals surface area contributed by atoms with E-state index in [4.69, 9.17) is 16.3 Å². The highest BCUT2D eigenvalue weighted by Gasteiger charge is 2.26. The van der Waals surface area contributed by atoms with Crippen molar-refractivity contribution in [3.8, 4) is 17.0 Å². The van der Waals surface area contributed by atoms with Crippen LogP contribution < -0.4 is 15.0 Å². The summed E-state index contributed by atoms with van der Waals surface area (Å²) in [6, 6.07) is 29.4. The largest absolute Gasteiger partial charge is 0.489 e. The Morgan fingerprint density at radius 1 is 0.919 bits per heavy atom. The van der Waals surface area contributed by atoms with E-state index in [-0.39, 0.29) is 11.8 Å². The van der Waals surface area contributed by atoms with Gasteiger partial charge >= 0.3 is 0 Å². The van der Waals surface area contributed by atoms with Gasteiger partial charge < -0.3 is 15.0 Å². The van der Waals surface area contributed by atoms with Gasteiger partial charge in [0.05, 0.1) is 11.6 Å². The first-order chi connectivity index (χ1) is 18.1. The molecule has 0 saturated carbocycles. The molecule has 0 radical (unpaired) electrons. The fourth-order valence-electron chi connectivity index (χ4n) is 4.45. The molecule has 1 N–H and O–H groups in total. The Kier molecular flexibility index (Phi) is 7.96. The molecule has 5 rings (SSSR count). The number of carbonyl (C=O) groups excluding carboxylic acids is 1. The molecule has 4 aromatic rings. The van der Waals surface area contributed by atoms with Crippen LogP contribution in [0.25, 0.3) is 11.3 Å². The maximum atomic E-state index is 12.9. The summed E-state index contributed by atoms with van der Waals surface area (Å²) >= 11 is 5.98. The Morgan fingerprint density at radius 3 is 2.43 bits per heavy atom. The monoisotopic (exact) mass is 512 g/mol. The summed E-state index contributed by atoms with van der Waals surface area (Å²) in [7, 11) is 0. The quantitative estimate of drug-likeness (QED) is 0.318. The minimum absolute atomic E-state index is 0.0693. The van der Waals surface area contributed by atoms with Gasteiger partial charge in [0.25, 0.3) is 0 Å². The van der Waals surface area contributed by atoms with Crippen molar-refractivity contribution in [2.45, 2.75) is 26.0 Å². The minimum atomic E-state index is -0.0834. The number of hydrogen-bond acceptors (Lipinski definition) is 5. The number of benzene rings is 3. The third-order valence-electron chi connectivity index (χ3n) is 6.55. The van der Waals surface area contributed by atoms with Gasteiger partial charge in [0.15, 0.2) is 5.82 Å². The molecule has 1 amide bonds. The van der Waals surface area contributed by atoms with Crippen molar-refractivity contribution in [2.75, 3.05) is 18.0 Å². The lowest BCUT2D eigenvalue weighted by molar-refractivity contribution is -0.125. The van der Waals surface area contributed by atoms with Gasteiger partial charge in [-0.3, -0.25) is 4.79 Å². The molecule has 2 heterocycles. The number of nitrogens with zero attached hydrogens (tertiary/aromatic N) is 3. The van der Waals surface area contributed by atoms with E-state index in [0.717, 1.165) is 53.3 Å². The number of hydrogen-bond donors (Lipinski definition) is 1. The maximum absolute atomic E-state index is 12.9. The summed E-state index contributed by atoms with van der Waals surface area (Å²) in [6.45, 7) is 2.52. The first kappa shape index (κ1) is 24.8. The van der Waals surface area contributed by atoms with Crippen molar-refractivity contribution in [1.29, 1.82) is 0 Å². The van der Waals surface area contributed by atoms with E-state index in [1.54, 1.807) is 0 Å². The summed E-state index contributed by atoms with van der Waals surface area (Å²) in [4.78, 5) is 15.1. The van der Waals surface area contributed by atoms with Gasteiger partial charge in [-0.15, -0.1) is 10.2 Å². The van der Waals surface area contributed by atoms with Crippen molar-refractivity contribution >= 4 is 23.3 Å². The standard InChI is InChI=1S/C30H29ClN4O2/c31-26-12-10-24(11-13-26)28-16-17-29(34-33-28)35-18-4-7-25(20-35)30(36)32-19-22-8-14-27(15-9-22)37-21-23-5-2-1-3-6-23/h1-3,5-6,8-17,25H,4,7,18-21H2,(H,32,36). The normalized spacial score (nSPS) is 15.3. The van der Waals surface area contributed by atoms with Gasteiger partial charge in [-0.1, -0.05) is 66.2 Å². The van der Waals surface area contributed by atoms with Crippen LogP contribution in [0.5, 0.6) is 5.75 Å². The third kappa shape index (κ3) is 6.66. The molecule has 0 spiro atoms. The maximum Gasteiger partial charge on any atom is 0.225 e. The van der Waals surface area contributed by atoms with Crippen LogP contribution in [-0.4, -0.2) is 29.2 Å². The summed E-state index contributed by atoms with van der Waals surface area (Å²) < 4.78 is 5.85. The van der Waals surface area contributed by atoms with Crippen LogP contribution >= 0.6 is 11.6 Å². The topological polar surface area (TPSA) is 67.3 Å². The molecule has 37 heavy (non-hydrogen) atoms. The average Bonchev–Trinajstić information content (AvgIpc) is 2.96. The van der Waals surface area contributed by atoms with Gasteiger partial charge in [0.1, 0.15) is 12.4 Å². The Balaban J connectivity index is 1.11. The number of halogens is 1. The molecular weight excluding hydrogens is 484 g/mol. The lowest BCUT2D eigenvalue weighted by Gasteiger charge is -2.32. The summed E-state index contributed by atoms with van der Waals surface area (Å²) in [5, 5.41) is 12.6. The molecule has 1 fully saturated rings. The van der Waals surface area contributed by atoms with Crippen molar-refractivity contribution in [2.24, 2.45) is 5.92 Å². The van der Waals surface area contributed by atoms with Gasteiger partial charge in [-0.05, 0) is 60.4 Å². The summed E-state index contributed by atoms with van der Waals surface area (Å²) in [5.74, 6) is 1.59. The number of aromatic nitrogens is 2. The van der Waals surface area contributed by atoms with Crippen molar-refractivity contribution in [3.63, 3.8) is 0 Å². The van der Waals surface area contributed by atoms with E-state index < -0.39 is 0 Å². The van der Waals surface area contributed by atoms with Crippen LogP contribution in [0.1, 0.15) is 24.0 Å². The number of anilines is 1. The van der Waals surface area contributed by atoms with Crippen LogP contribution in [0.2, 0.25) is 5.02 Å². The summed E-state index contributed by atoms with van der Waals surface area (Å²) in [5.41, 5.74) is 3.93. The summed E-state index contributed by atoms with van der Waals surface area (Å²) in [6.07, 6.45) is 1.80. The molecule has 1 unspecified atom stereocenters. The fraction of sp³-hybridized carbons (Fsp3) is 0.233. The molecule has 1 aliphatic rings. The van der Waals surface area contributed by atoms with E-state index in [2.05, 4.69) is 20.4 Å². The second-order valence-electron chi connectivity index (χ2n) is 9.20. The molecule has 0 bridgehead atoms. The first-order valence-electron chi connectivity index (χ1n) is 12.5. The Bertz CT molecular complexity index is 1300. The average molecular weight is 513 g/mol. The third-order valence-corrected chi connectivity index (χ3v) is 6.80. The molecule has 3 aromatic carbocycles. The first-order valence-corrected chi connectivity index (χ1v) is 12.9. The van der Waals surface area contributed by atoms with Gasteiger partial charge in [0, 0.05) is 30.2 Å². The number of amides is 1. The Hall–Kier alpha value is -3.90. The van der Waals surface area contributed by atoms with Gasteiger partial charge in [0.2, 0.25) is 5.91 Å². The Morgan fingerprint density at radius 2 is 1.70 bits per heavy atom. The smallest absolute Gasteiger partial charge is 0.225 e. The zero-order valence-corrected chi connectivity index (χ0v) is 21.3. The molecule has 188 valence electrons. The highest BCUT2D eigenvalue weighted by molar-refractivity contribution is 6.30. The number of nitrogens with one attached hydrogen (secondary N) is 1. The van der Waals surface area contributed by atoms with E-state index in [1.807, 2.05) is 91.0 Å². The van der Waals surface area contributed by atoms with Gasteiger partial charge in [-0.2, -0.15) is 0 Å². The number of rotatable bonds is 8. The molecule has 0 aliphatic carbocycles. The van der Waals surface area contributed by atoms with Crippen molar-refractivity contribution in [1.82, 2.24) is 15.5 Å². The number of carbonyl (C=O) groups is 1. The molecule has 1 atom stereocenters. The van der Waals surface area contributed by atoms with E-state index in [1.165, 1.54) is 0 Å². The van der Waals surface area contributed by atoms with Crippen LogP contribution in [0.4, 0.5) is 5.82 Å². The van der Waals surface area contributed by atoms with Crippen LogP contribution in [0.3, 0.4) is 0 Å². The van der Waals surface area contributed by atoms with Gasteiger partial charge in [-0.25, -0.2) is 0 Å². The Labute approximate surface area is 222 Å². The van der Waals surface area contributed by atoms with Crippen molar-refractivity contribution in [3.05, 3.63) is 107 Å². The molecule has 1 saturated heterocycles. The highest BCUT2D eigenvalue weighted by atomic mass is 35.5. The van der Waals surface area contributed by atoms with E-state index >= 15 is 0 Å². The predicted octanol–water partition coefficient (Wildman–Crippen LogP) is 5.91. The van der Waals surface area contributed by atoms with Crippen LogP contribution in [-0.2, 0) is 17.9 Å². The zero-order chi connectivity index (χ0) is 25.5. The second kappa shape index (κ2) is 11.9. The number of ether oxygens (including phenoxy) is 1. The minimum Gasteiger partial charge on any atom is -0.489 e. The van der Waals surface area contributed by atoms with Crippen molar-refractivity contribution < 1.29 is 9.53 Å². The number of piperidine rings is 1. The molecular formula is C30H29ClN4O2. The fourth-order valence-corrected chi connectivity index (χ4v) is 4.57. The lowest BCUT2D eigenvalue weighted by atomic mass is 9.97. The molecule has 1 aromatic heterocycles.